The van der Waals surface area contributed by atoms with Crippen LogP contribution in [0.25, 0.3) is 0 Å². The van der Waals surface area contributed by atoms with Gasteiger partial charge in [0.1, 0.15) is 73.2 Å². The van der Waals surface area contributed by atoms with Crippen molar-refractivity contribution in [3.8, 4) is 0 Å². The van der Waals surface area contributed by atoms with Crippen molar-refractivity contribution in [3.63, 3.8) is 0 Å². The summed E-state index contributed by atoms with van der Waals surface area (Å²) < 4.78 is 34.3. The fraction of sp³-hybridized carbons (Fsp3) is 0.795. The average Bonchev–Trinajstić information content (AvgIpc) is 0.837. The van der Waals surface area contributed by atoms with Crippen LogP contribution >= 0.6 is 0 Å². The molecule has 19 heteroatoms. The minimum Gasteiger partial charge on any atom is -0.394 e. The first kappa shape index (κ1) is 83.2. The lowest BCUT2D eigenvalue weighted by Crippen LogP contribution is -2.66. The molecular weight excluding hydrogens is 1180 g/mol. The second kappa shape index (κ2) is 54.0. The summed E-state index contributed by atoms with van der Waals surface area (Å²) in [5.41, 5.74) is 0. The van der Waals surface area contributed by atoms with Crippen molar-refractivity contribution in [1.29, 1.82) is 0 Å². The summed E-state index contributed by atoms with van der Waals surface area (Å²) in [6.07, 6.45) is 43.1. The van der Waals surface area contributed by atoms with Crippen LogP contribution in [0.5, 0.6) is 0 Å². The topological polar surface area (TPSA) is 307 Å². The van der Waals surface area contributed by atoms with Gasteiger partial charge in [-0.2, -0.15) is 0 Å². The number of carbonyl (C=O) groups is 1. The number of aliphatic hydroxyl groups is 11. The first-order valence-corrected chi connectivity index (χ1v) is 35.8. The largest absolute Gasteiger partial charge is 0.394 e. The molecule has 3 fully saturated rings. The van der Waals surface area contributed by atoms with Crippen LogP contribution in [0.3, 0.4) is 0 Å². The summed E-state index contributed by atoms with van der Waals surface area (Å²) in [6, 6.07) is -1.02. The van der Waals surface area contributed by atoms with Crippen molar-refractivity contribution in [3.05, 3.63) is 85.1 Å². The van der Waals surface area contributed by atoms with Gasteiger partial charge in [0.15, 0.2) is 18.9 Å². The van der Waals surface area contributed by atoms with Crippen molar-refractivity contribution < 1.29 is 89.4 Å². The number of amides is 1. The van der Waals surface area contributed by atoms with E-state index in [4.69, 9.17) is 28.4 Å². The van der Waals surface area contributed by atoms with Gasteiger partial charge in [-0.1, -0.05) is 234 Å². The zero-order chi connectivity index (χ0) is 66.8. The van der Waals surface area contributed by atoms with Crippen molar-refractivity contribution in [2.24, 2.45) is 0 Å². The van der Waals surface area contributed by atoms with E-state index < -0.39 is 131 Å². The Balaban J connectivity index is 1.42. The van der Waals surface area contributed by atoms with E-state index in [1.165, 1.54) is 141 Å². The number of unbranched alkanes of at least 4 members (excludes halogenated alkanes) is 26. The third kappa shape index (κ3) is 35.3. The van der Waals surface area contributed by atoms with E-state index >= 15 is 0 Å². The minimum atomic E-state index is -1.99. The van der Waals surface area contributed by atoms with Crippen molar-refractivity contribution in [2.45, 2.75) is 343 Å². The number of carbonyl (C=O) groups excluding carboxylic acids is 1. The van der Waals surface area contributed by atoms with Crippen LogP contribution in [-0.2, 0) is 33.2 Å². The van der Waals surface area contributed by atoms with Gasteiger partial charge in [0.25, 0.3) is 0 Å². The monoisotopic (exact) mass is 1310 g/mol. The van der Waals surface area contributed by atoms with Gasteiger partial charge < -0.3 is 89.9 Å². The van der Waals surface area contributed by atoms with Crippen molar-refractivity contribution in [1.82, 2.24) is 5.32 Å². The highest BCUT2D eigenvalue weighted by Gasteiger charge is 2.53. The van der Waals surface area contributed by atoms with Crippen LogP contribution in [0.1, 0.15) is 239 Å². The van der Waals surface area contributed by atoms with E-state index in [9.17, 15) is 61.0 Å². The normalized spacial score (nSPS) is 28.2. The molecule has 3 rings (SSSR count). The van der Waals surface area contributed by atoms with Gasteiger partial charge in [-0.05, 0) is 83.5 Å². The highest BCUT2D eigenvalue weighted by atomic mass is 16.8. The van der Waals surface area contributed by atoms with E-state index in [2.05, 4.69) is 92.1 Å². The lowest BCUT2D eigenvalue weighted by molar-refractivity contribution is -0.379. The molecule has 19 nitrogen and oxygen atoms in total. The van der Waals surface area contributed by atoms with E-state index in [0.717, 1.165) is 64.2 Å². The maximum absolute atomic E-state index is 13.3. The number of hydrogen-bond acceptors (Lipinski definition) is 18. The predicted octanol–water partition coefficient (Wildman–Crippen LogP) is 9.88. The molecule has 3 heterocycles. The SMILES string of the molecule is CC/C=C\C/C=C\C/C=C\C/C=C\CCCCC(=O)NC(COC1OC(CO)C(OC2OC(CO)C(OC3OC(CO)C(O)C(O)C3O)C(O)C2O)C(O)C1O)C(O)/C=C/CC/C=C/CC/C=C/CCCCCCCCCCCCCCCCCCCCCCCC. The van der Waals surface area contributed by atoms with Gasteiger partial charge in [0.2, 0.25) is 5.91 Å². The van der Waals surface area contributed by atoms with Crippen LogP contribution in [0.15, 0.2) is 85.1 Å². The van der Waals surface area contributed by atoms with Gasteiger partial charge in [0.05, 0.1) is 38.6 Å². The standard InChI is InChI=1S/C73H127NO18/c1-3-5-7-9-11-13-15-17-19-20-21-22-23-24-25-26-27-28-29-30-31-32-33-34-35-37-38-40-42-44-46-48-50-57(78)56(74-61(79)51-49-47-45-43-41-39-36-18-16-14-12-10-8-6-4-2)55-87-71-67(85)64(82)69(59(53-76)89-71)92-73-68(86)65(83)70(60(54-77)90-73)91-72-66(84)63(81)62(80)58(52-75)88-72/h6,8,12,14,18,34-36,40-43,48,50,56-60,62-73,75-78,80-86H,3-5,7,9-11,13,15-17,19-33,37-39,44-47,49,51-55H2,1-2H3,(H,74,79)/b8-6-,14-12-,35-34+,36-18-,42-40+,43-41-,50-48+. The summed E-state index contributed by atoms with van der Waals surface area (Å²) in [6.45, 7) is 1.56. The van der Waals surface area contributed by atoms with E-state index in [0.29, 0.717) is 12.8 Å². The molecule has 3 saturated heterocycles. The summed E-state index contributed by atoms with van der Waals surface area (Å²) in [5.74, 6) is -0.332. The molecule has 0 radical (unpaired) electrons. The molecule has 532 valence electrons. The third-order valence-electron chi connectivity index (χ3n) is 17.4. The molecule has 0 spiro atoms. The molecule has 17 unspecified atom stereocenters. The number of hydrogen-bond donors (Lipinski definition) is 12. The predicted molar refractivity (Wildman–Crippen MR) is 360 cm³/mol. The molecule has 0 aromatic carbocycles. The Bertz CT molecular complexity index is 2000. The number of rotatable bonds is 54. The Morgan fingerprint density at radius 3 is 1.22 bits per heavy atom. The van der Waals surface area contributed by atoms with Crippen LogP contribution < -0.4 is 5.32 Å². The average molecular weight is 1310 g/mol. The molecule has 0 aliphatic carbocycles. The van der Waals surface area contributed by atoms with Gasteiger partial charge in [-0.15, -0.1) is 0 Å². The number of allylic oxidation sites excluding steroid dienone is 13. The molecule has 0 bridgehead atoms. The molecule has 12 N–H and O–H groups in total. The number of nitrogens with one attached hydrogen (secondary N) is 1. The maximum Gasteiger partial charge on any atom is 0.220 e. The molecule has 92 heavy (non-hydrogen) atoms. The maximum atomic E-state index is 13.3. The molecule has 0 saturated carbocycles. The summed E-state index contributed by atoms with van der Waals surface area (Å²) >= 11 is 0. The third-order valence-corrected chi connectivity index (χ3v) is 17.4. The molecule has 3 aliphatic heterocycles. The van der Waals surface area contributed by atoms with Crippen LogP contribution in [-0.4, -0.2) is 193 Å². The molecule has 17 atom stereocenters. The van der Waals surface area contributed by atoms with Crippen molar-refractivity contribution >= 4 is 5.91 Å². The highest BCUT2D eigenvalue weighted by Crippen LogP contribution is 2.33. The first-order chi connectivity index (χ1) is 44.8. The van der Waals surface area contributed by atoms with Crippen LogP contribution in [0.2, 0.25) is 0 Å². The fourth-order valence-corrected chi connectivity index (χ4v) is 11.6. The second-order valence-corrected chi connectivity index (χ2v) is 25.3. The highest BCUT2D eigenvalue weighted by molar-refractivity contribution is 5.76. The molecule has 0 aromatic heterocycles. The van der Waals surface area contributed by atoms with E-state index in [1.807, 2.05) is 6.08 Å². The summed E-state index contributed by atoms with van der Waals surface area (Å²) in [4.78, 5) is 13.3. The first-order valence-electron chi connectivity index (χ1n) is 35.8. The Morgan fingerprint density at radius 2 is 0.761 bits per heavy atom. The van der Waals surface area contributed by atoms with Crippen molar-refractivity contribution in [2.75, 3.05) is 26.4 Å². The summed E-state index contributed by atoms with van der Waals surface area (Å²) in [5, 5.41) is 120. The van der Waals surface area contributed by atoms with Gasteiger partial charge in [-0.3, -0.25) is 4.79 Å². The molecular formula is C73H127NO18. The second-order valence-electron chi connectivity index (χ2n) is 25.3. The molecule has 1 amide bonds. The lowest BCUT2D eigenvalue weighted by Gasteiger charge is -2.48. The van der Waals surface area contributed by atoms with Gasteiger partial charge >= 0.3 is 0 Å². The fourth-order valence-electron chi connectivity index (χ4n) is 11.6. The minimum absolute atomic E-state index is 0.175. The quantitative estimate of drug-likeness (QED) is 0.0199. The smallest absolute Gasteiger partial charge is 0.220 e. The van der Waals surface area contributed by atoms with Gasteiger partial charge in [0, 0.05) is 6.42 Å². The summed E-state index contributed by atoms with van der Waals surface area (Å²) in [7, 11) is 0. The van der Waals surface area contributed by atoms with Gasteiger partial charge in [-0.25, -0.2) is 0 Å². The number of ether oxygens (including phenoxy) is 6. The zero-order valence-electron chi connectivity index (χ0n) is 56.3. The Kier molecular flexibility index (Phi) is 48.9. The Morgan fingerprint density at radius 1 is 0.402 bits per heavy atom. The van der Waals surface area contributed by atoms with E-state index in [-0.39, 0.29) is 12.3 Å². The molecule has 0 aromatic rings. The van der Waals surface area contributed by atoms with E-state index in [1.54, 1.807) is 6.08 Å². The lowest BCUT2D eigenvalue weighted by atomic mass is 9.96. The number of aliphatic hydroxyl groups excluding tert-OH is 11. The van der Waals surface area contributed by atoms with Crippen LogP contribution in [0, 0.1) is 0 Å². The zero-order valence-corrected chi connectivity index (χ0v) is 56.3. The Labute approximate surface area is 552 Å². The Hall–Kier alpha value is -3.03. The molecule has 3 aliphatic rings. The van der Waals surface area contributed by atoms with Crippen LogP contribution in [0.4, 0.5) is 0 Å².